The molecular weight excluding hydrogens is 276 g/mol. The first-order valence-electron chi connectivity index (χ1n) is 8.13. The number of carbonyl (C=O) groups excluding carboxylic acids is 1. The minimum absolute atomic E-state index is 0.115. The average molecular weight is 302 g/mol. The lowest BCUT2D eigenvalue weighted by atomic mass is 9.77. The Kier molecular flexibility index (Phi) is 6.81. The summed E-state index contributed by atoms with van der Waals surface area (Å²) in [6.07, 6.45) is 5.73. The molecule has 0 fully saturated rings. The Morgan fingerprint density at radius 1 is 1.32 bits per heavy atom. The number of rotatable bonds is 8. The number of allylic oxidation sites excluding steroid dienone is 1. The molecule has 2 atom stereocenters. The van der Waals surface area contributed by atoms with Crippen LogP contribution in [0.3, 0.4) is 0 Å². The van der Waals surface area contributed by atoms with Gasteiger partial charge in [0.2, 0.25) is 0 Å². The van der Waals surface area contributed by atoms with Gasteiger partial charge in [-0.15, -0.1) is 0 Å². The number of ether oxygens (including phenoxy) is 1. The monoisotopic (exact) mass is 302 g/mol. The van der Waals surface area contributed by atoms with E-state index in [1.807, 2.05) is 18.2 Å². The van der Waals surface area contributed by atoms with Crippen LogP contribution in [0.4, 0.5) is 0 Å². The van der Waals surface area contributed by atoms with Crippen LogP contribution in [0.1, 0.15) is 38.2 Å². The van der Waals surface area contributed by atoms with Gasteiger partial charge < -0.3 is 9.84 Å². The average Bonchev–Trinajstić information content (AvgIpc) is 2.55. The van der Waals surface area contributed by atoms with Crippen LogP contribution in [-0.2, 0) is 16.1 Å². The van der Waals surface area contributed by atoms with Crippen molar-refractivity contribution in [3.05, 3.63) is 47.5 Å². The molecule has 0 saturated carbocycles. The van der Waals surface area contributed by atoms with E-state index in [4.69, 9.17) is 4.74 Å². The van der Waals surface area contributed by atoms with Gasteiger partial charge in [0.05, 0.1) is 13.2 Å². The summed E-state index contributed by atoms with van der Waals surface area (Å²) in [7, 11) is 0. The Bertz CT molecular complexity index is 493. The van der Waals surface area contributed by atoms with Crippen molar-refractivity contribution in [3.8, 4) is 0 Å². The Morgan fingerprint density at radius 3 is 2.77 bits per heavy atom. The maximum atomic E-state index is 11.8. The number of hydrogen-bond acceptors (Lipinski definition) is 3. The summed E-state index contributed by atoms with van der Waals surface area (Å²) >= 11 is 0. The lowest BCUT2D eigenvalue weighted by Crippen LogP contribution is -2.25. The van der Waals surface area contributed by atoms with E-state index in [-0.39, 0.29) is 24.2 Å². The van der Waals surface area contributed by atoms with Gasteiger partial charge >= 0.3 is 0 Å². The van der Waals surface area contributed by atoms with Gasteiger partial charge in [0.15, 0.2) is 0 Å². The highest BCUT2D eigenvalue weighted by Crippen LogP contribution is 2.32. The van der Waals surface area contributed by atoms with Crippen LogP contribution in [0.5, 0.6) is 0 Å². The second-order valence-electron chi connectivity index (χ2n) is 6.08. The minimum Gasteiger partial charge on any atom is -0.392 e. The zero-order valence-electron chi connectivity index (χ0n) is 13.3. The van der Waals surface area contributed by atoms with E-state index < -0.39 is 0 Å². The van der Waals surface area contributed by atoms with E-state index in [1.165, 1.54) is 5.56 Å². The lowest BCUT2D eigenvalue weighted by molar-refractivity contribution is -0.122. The maximum absolute atomic E-state index is 11.8. The fourth-order valence-corrected chi connectivity index (χ4v) is 3.16. The van der Waals surface area contributed by atoms with E-state index in [2.05, 4.69) is 18.2 Å². The SMILES string of the molecule is CC(=O)[C@@H]1CCC(CO)=C[C@H]1CCCOCc1ccccc1. The number of benzene rings is 1. The van der Waals surface area contributed by atoms with Crippen LogP contribution in [-0.4, -0.2) is 24.1 Å². The summed E-state index contributed by atoms with van der Waals surface area (Å²) in [4.78, 5) is 11.8. The molecule has 0 amide bonds. The first-order valence-corrected chi connectivity index (χ1v) is 8.13. The van der Waals surface area contributed by atoms with E-state index in [9.17, 15) is 9.90 Å². The van der Waals surface area contributed by atoms with Gasteiger partial charge in [0.1, 0.15) is 5.78 Å². The molecule has 0 aliphatic heterocycles. The van der Waals surface area contributed by atoms with Crippen LogP contribution in [0.2, 0.25) is 0 Å². The van der Waals surface area contributed by atoms with Gasteiger partial charge in [-0.2, -0.15) is 0 Å². The fraction of sp³-hybridized carbons (Fsp3) is 0.526. The summed E-state index contributed by atoms with van der Waals surface area (Å²) < 4.78 is 5.70. The molecule has 1 N–H and O–H groups in total. The van der Waals surface area contributed by atoms with Crippen molar-refractivity contribution in [3.63, 3.8) is 0 Å². The quantitative estimate of drug-likeness (QED) is 0.590. The van der Waals surface area contributed by atoms with Gasteiger partial charge in [0, 0.05) is 12.5 Å². The molecular formula is C19H26O3. The van der Waals surface area contributed by atoms with Crippen LogP contribution >= 0.6 is 0 Å². The third-order valence-corrected chi connectivity index (χ3v) is 4.41. The molecule has 0 heterocycles. The third kappa shape index (κ3) is 5.08. The highest BCUT2D eigenvalue weighted by molar-refractivity contribution is 5.79. The molecule has 2 rings (SSSR count). The van der Waals surface area contributed by atoms with E-state index >= 15 is 0 Å². The molecule has 0 saturated heterocycles. The van der Waals surface area contributed by atoms with Crippen molar-refractivity contribution in [2.45, 2.75) is 39.2 Å². The molecule has 3 heteroatoms. The standard InChI is InChI=1S/C19H26O3/c1-15(21)19-10-9-17(13-20)12-18(19)8-5-11-22-14-16-6-3-2-4-7-16/h2-4,6-7,12,18-20H,5,8-11,13-14H2,1H3/t18-,19+/m1/s1. The number of hydrogen-bond donors (Lipinski definition) is 1. The van der Waals surface area contributed by atoms with Crippen molar-refractivity contribution in [1.82, 2.24) is 0 Å². The topological polar surface area (TPSA) is 46.5 Å². The predicted octanol–water partition coefficient (Wildman–Crippen LogP) is 3.52. The first-order chi connectivity index (χ1) is 10.7. The molecule has 0 radical (unpaired) electrons. The maximum Gasteiger partial charge on any atom is 0.133 e. The normalized spacial score (nSPS) is 21.5. The van der Waals surface area contributed by atoms with Crippen LogP contribution in [0, 0.1) is 11.8 Å². The molecule has 3 nitrogen and oxygen atoms in total. The van der Waals surface area contributed by atoms with Gasteiger partial charge in [-0.3, -0.25) is 4.79 Å². The number of aliphatic hydroxyl groups is 1. The highest BCUT2D eigenvalue weighted by atomic mass is 16.5. The Balaban J connectivity index is 1.75. The summed E-state index contributed by atoms with van der Waals surface area (Å²) in [5.41, 5.74) is 2.26. The number of Topliss-reactive ketones (excluding diaryl/α,β-unsaturated/α-hetero) is 1. The van der Waals surface area contributed by atoms with Gasteiger partial charge in [0.25, 0.3) is 0 Å². The van der Waals surface area contributed by atoms with Crippen molar-refractivity contribution < 1.29 is 14.6 Å². The minimum atomic E-state index is 0.115. The Morgan fingerprint density at radius 2 is 2.09 bits per heavy atom. The third-order valence-electron chi connectivity index (χ3n) is 4.41. The van der Waals surface area contributed by atoms with Gasteiger partial charge in [-0.05, 0) is 49.7 Å². The van der Waals surface area contributed by atoms with E-state index in [0.717, 1.165) is 31.3 Å². The molecule has 120 valence electrons. The molecule has 1 aliphatic rings. The van der Waals surface area contributed by atoms with Crippen LogP contribution < -0.4 is 0 Å². The molecule has 0 aromatic heterocycles. The predicted molar refractivity (Wildman–Crippen MR) is 87.4 cm³/mol. The molecule has 22 heavy (non-hydrogen) atoms. The largest absolute Gasteiger partial charge is 0.392 e. The smallest absolute Gasteiger partial charge is 0.133 e. The van der Waals surface area contributed by atoms with Crippen molar-refractivity contribution in [2.24, 2.45) is 11.8 Å². The van der Waals surface area contributed by atoms with E-state index in [0.29, 0.717) is 13.2 Å². The molecule has 0 unspecified atom stereocenters. The second-order valence-corrected chi connectivity index (χ2v) is 6.08. The molecule has 1 aromatic carbocycles. The van der Waals surface area contributed by atoms with Gasteiger partial charge in [-0.25, -0.2) is 0 Å². The molecule has 1 aromatic rings. The fourth-order valence-electron chi connectivity index (χ4n) is 3.16. The van der Waals surface area contributed by atoms with Crippen LogP contribution in [0.15, 0.2) is 42.0 Å². The summed E-state index contributed by atoms with van der Waals surface area (Å²) in [6.45, 7) is 3.14. The summed E-state index contributed by atoms with van der Waals surface area (Å²) in [5.74, 6) is 0.640. The van der Waals surface area contributed by atoms with Crippen LogP contribution in [0.25, 0.3) is 0 Å². The Hall–Kier alpha value is -1.45. The van der Waals surface area contributed by atoms with Crippen molar-refractivity contribution >= 4 is 5.78 Å². The van der Waals surface area contributed by atoms with Gasteiger partial charge in [-0.1, -0.05) is 36.4 Å². The number of ketones is 1. The second kappa shape index (κ2) is 8.86. The zero-order chi connectivity index (χ0) is 15.8. The first kappa shape index (κ1) is 16.9. The molecule has 0 bridgehead atoms. The Labute approximate surface area is 133 Å². The lowest BCUT2D eigenvalue weighted by Gasteiger charge is -2.28. The molecule has 1 aliphatic carbocycles. The van der Waals surface area contributed by atoms with E-state index in [1.54, 1.807) is 6.92 Å². The summed E-state index contributed by atoms with van der Waals surface area (Å²) in [6, 6.07) is 10.1. The highest BCUT2D eigenvalue weighted by Gasteiger charge is 2.27. The summed E-state index contributed by atoms with van der Waals surface area (Å²) in [5, 5.41) is 9.29. The number of carbonyl (C=O) groups is 1. The van der Waals surface area contributed by atoms with Crippen molar-refractivity contribution in [1.29, 1.82) is 0 Å². The molecule has 0 spiro atoms. The van der Waals surface area contributed by atoms with Crippen molar-refractivity contribution in [2.75, 3.05) is 13.2 Å². The number of aliphatic hydroxyl groups excluding tert-OH is 1. The zero-order valence-corrected chi connectivity index (χ0v) is 13.3.